The Morgan fingerprint density at radius 3 is 1.07 bits per heavy atom. The van der Waals surface area contributed by atoms with Crippen LogP contribution in [0, 0.1) is 0 Å². The first-order valence-corrected chi connectivity index (χ1v) is 25.8. The summed E-state index contributed by atoms with van der Waals surface area (Å²) in [5.41, 5.74) is 22.4. The van der Waals surface area contributed by atoms with Crippen LogP contribution in [0.1, 0.15) is 0 Å². The predicted molar refractivity (Wildman–Crippen MR) is 320 cm³/mol. The van der Waals surface area contributed by atoms with Crippen molar-refractivity contribution in [3.05, 3.63) is 309 Å². The predicted octanol–water partition coefficient (Wildman–Crippen LogP) is 20.8. The summed E-state index contributed by atoms with van der Waals surface area (Å²) in [5.74, 6) is 0. The fraction of sp³-hybridized carbons (Fsp3) is 0. The van der Waals surface area contributed by atoms with Crippen LogP contribution in [-0.2, 0) is 0 Å². The lowest BCUT2D eigenvalue weighted by Gasteiger charge is -2.27. The van der Waals surface area contributed by atoms with Gasteiger partial charge in [-0.2, -0.15) is 0 Å². The Morgan fingerprint density at radius 2 is 0.507 bits per heavy atom. The number of hydrogen-bond acceptors (Lipinski definition) is 1. The molecule has 0 aromatic heterocycles. The van der Waals surface area contributed by atoms with E-state index in [1.54, 1.807) is 0 Å². The normalized spacial score (nSPS) is 11.2. The van der Waals surface area contributed by atoms with Gasteiger partial charge in [0.05, 0.1) is 0 Å². The molecule has 0 amide bonds. The van der Waals surface area contributed by atoms with E-state index in [1.807, 2.05) is 0 Å². The molecule has 0 heterocycles. The lowest BCUT2D eigenvalue weighted by Crippen LogP contribution is -2.10. The van der Waals surface area contributed by atoms with Crippen molar-refractivity contribution >= 4 is 38.6 Å². The van der Waals surface area contributed by atoms with Crippen LogP contribution in [0.5, 0.6) is 0 Å². The first kappa shape index (κ1) is 45.1. The van der Waals surface area contributed by atoms with Gasteiger partial charge in [-0.05, 0) is 159 Å². The van der Waals surface area contributed by atoms with Crippen LogP contribution in [-0.4, -0.2) is 0 Å². The third-order valence-corrected chi connectivity index (χ3v) is 14.7. The molecule has 1 heteroatoms. The molecule has 352 valence electrons. The highest BCUT2D eigenvalue weighted by Gasteiger charge is 2.20. The molecule has 0 saturated carbocycles. The maximum Gasteiger partial charge on any atom is 0.0467 e. The highest BCUT2D eigenvalue weighted by atomic mass is 15.1. The third-order valence-electron chi connectivity index (χ3n) is 14.7. The molecule has 13 rings (SSSR count). The summed E-state index contributed by atoms with van der Waals surface area (Å²) in [7, 11) is 0. The molecule has 0 N–H and O–H groups in total. The molecular weight excluding hydrogens is 903 g/mol. The molecule has 1 nitrogen and oxygen atoms in total. The number of nitrogens with zero attached hydrogens (tertiary/aromatic N) is 1. The van der Waals surface area contributed by atoms with Gasteiger partial charge in [-0.3, -0.25) is 0 Å². The van der Waals surface area contributed by atoms with Gasteiger partial charge in [0.25, 0.3) is 0 Å². The Morgan fingerprint density at radius 1 is 0.160 bits per heavy atom. The zero-order chi connectivity index (χ0) is 49.9. The number of anilines is 3. The van der Waals surface area contributed by atoms with Crippen molar-refractivity contribution in [2.45, 2.75) is 0 Å². The topological polar surface area (TPSA) is 3.24 Å². The summed E-state index contributed by atoms with van der Waals surface area (Å²) in [6, 6.07) is 113. The molecule has 0 unspecified atom stereocenters. The summed E-state index contributed by atoms with van der Waals surface area (Å²) in [5, 5.41) is 4.97. The van der Waals surface area contributed by atoms with E-state index in [-0.39, 0.29) is 0 Å². The number of rotatable bonds is 11. The largest absolute Gasteiger partial charge is 0.310 e. The van der Waals surface area contributed by atoms with Crippen molar-refractivity contribution < 1.29 is 0 Å². The second-order valence-corrected chi connectivity index (χ2v) is 19.2. The van der Waals surface area contributed by atoms with Crippen molar-refractivity contribution in [3.8, 4) is 89.0 Å². The van der Waals surface area contributed by atoms with Gasteiger partial charge in [-0.1, -0.05) is 261 Å². The minimum atomic E-state index is 1.07. The van der Waals surface area contributed by atoms with Crippen LogP contribution >= 0.6 is 0 Å². The SMILES string of the molecule is c1ccc(-c2ccc(-c3ccc(N(c4ccc(-c5ccc(-c6ccccc6)cc5-c5ccccc5)cc4)c4cccc(-c5ccc6c(c5)c(-c5ccccc5)c(-c5ccccc5)c5ccccc56)c4)cc3)cc2)cc1. The molecule has 0 aliphatic carbocycles. The molecule has 0 aliphatic rings. The Labute approximate surface area is 439 Å². The van der Waals surface area contributed by atoms with Crippen LogP contribution in [0.4, 0.5) is 17.1 Å². The monoisotopic (exact) mass is 953 g/mol. The smallest absolute Gasteiger partial charge is 0.0467 e. The van der Waals surface area contributed by atoms with E-state index < -0.39 is 0 Å². The Balaban J connectivity index is 0.933. The van der Waals surface area contributed by atoms with Crippen LogP contribution in [0.25, 0.3) is 111 Å². The van der Waals surface area contributed by atoms with Gasteiger partial charge in [-0.25, -0.2) is 0 Å². The van der Waals surface area contributed by atoms with Gasteiger partial charge in [0.2, 0.25) is 0 Å². The molecule has 0 saturated heterocycles. The van der Waals surface area contributed by atoms with Crippen LogP contribution < -0.4 is 4.90 Å². The second kappa shape index (κ2) is 20.0. The standard InChI is InChI=1S/C74H51N/c1-6-19-52(20-7-1)54-33-35-55(36-34-54)56-37-43-64(44-38-56)75(65-45-39-58(40-46-65)67-47-41-62(53-21-8-2-9-22-53)50-71(67)57-23-10-3-11-24-57)66-30-18-29-61(49-66)63-42-48-69-68-31-16-17-32-70(68)73(59-25-12-4-13-26-59)74(72(69)51-63)60-27-14-5-15-28-60/h1-51H. The third kappa shape index (κ3) is 8.88. The summed E-state index contributed by atoms with van der Waals surface area (Å²) in [4.78, 5) is 2.39. The molecule has 0 bridgehead atoms. The van der Waals surface area contributed by atoms with Gasteiger partial charge in [-0.15, -0.1) is 0 Å². The van der Waals surface area contributed by atoms with E-state index in [9.17, 15) is 0 Å². The fourth-order valence-electron chi connectivity index (χ4n) is 11.0. The van der Waals surface area contributed by atoms with Crippen molar-refractivity contribution in [2.75, 3.05) is 4.90 Å². The average Bonchev–Trinajstić information content (AvgIpc) is 3.51. The lowest BCUT2D eigenvalue weighted by molar-refractivity contribution is 1.28. The quantitative estimate of drug-likeness (QED) is 0.117. The highest BCUT2D eigenvalue weighted by Crippen LogP contribution is 2.47. The van der Waals surface area contributed by atoms with E-state index >= 15 is 0 Å². The summed E-state index contributed by atoms with van der Waals surface area (Å²) in [6.45, 7) is 0. The maximum atomic E-state index is 2.42. The molecule has 0 spiro atoms. The fourth-order valence-corrected chi connectivity index (χ4v) is 11.0. The van der Waals surface area contributed by atoms with E-state index in [2.05, 4.69) is 314 Å². The zero-order valence-electron chi connectivity index (χ0n) is 41.4. The summed E-state index contributed by atoms with van der Waals surface area (Å²) >= 11 is 0. The average molecular weight is 954 g/mol. The Bertz CT molecular complexity index is 4090. The lowest BCUT2D eigenvalue weighted by atomic mass is 9.84. The Kier molecular flexibility index (Phi) is 12.0. The minimum absolute atomic E-state index is 1.07. The minimum Gasteiger partial charge on any atom is -0.310 e. The molecule has 0 aliphatic heterocycles. The van der Waals surface area contributed by atoms with Gasteiger partial charge >= 0.3 is 0 Å². The second-order valence-electron chi connectivity index (χ2n) is 19.2. The highest BCUT2D eigenvalue weighted by molar-refractivity contribution is 6.22. The van der Waals surface area contributed by atoms with Crippen molar-refractivity contribution in [3.63, 3.8) is 0 Å². The molecule has 13 aromatic carbocycles. The molecule has 0 radical (unpaired) electrons. The molecule has 13 aromatic rings. The molecule has 75 heavy (non-hydrogen) atoms. The van der Waals surface area contributed by atoms with Crippen LogP contribution in [0.2, 0.25) is 0 Å². The van der Waals surface area contributed by atoms with E-state index in [4.69, 9.17) is 0 Å². The first-order chi connectivity index (χ1) is 37.2. The van der Waals surface area contributed by atoms with Crippen molar-refractivity contribution in [2.24, 2.45) is 0 Å². The number of benzene rings is 13. The Hall–Kier alpha value is -9.82. The molecular formula is C74H51N. The number of fused-ring (bicyclic) bond motifs is 3. The number of hydrogen-bond donors (Lipinski definition) is 0. The van der Waals surface area contributed by atoms with E-state index in [1.165, 1.54) is 93.9 Å². The van der Waals surface area contributed by atoms with E-state index in [0.29, 0.717) is 0 Å². The maximum absolute atomic E-state index is 2.42. The van der Waals surface area contributed by atoms with Gasteiger partial charge in [0, 0.05) is 17.1 Å². The van der Waals surface area contributed by atoms with Gasteiger partial charge < -0.3 is 4.90 Å². The zero-order valence-corrected chi connectivity index (χ0v) is 41.4. The van der Waals surface area contributed by atoms with Crippen LogP contribution in [0.3, 0.4) is 0 Å². The molecule has 0 fully saturated rings. The molecule has 0 atom stereocenters. The van der Waals surface area contributed by atoms with Gasteiger partial charge in [0.15, 0.2) is 0 Å². The van der Waals surface area contributed by atoms with Crippen molar-refractivity contribution in [1.29, 1.82) is 0 Å². The van der Waals surface area contributed by atoms with Gasteiger partial charge in [0.1, 0.15) is 0 Å². The van der Waals surface area contributed by atoms with Crippen LogP contribution in [0.15, 0.2) is 309 Å². The summed E-state index contributed by atoms with van der Waals surface area (Å²) in [6.07, 6.45) is 0. The van der Waals surface area contributed by atoms with E-state index in [0.717, 1.165) is 33.8 Å². The van der Waals surface area contributed by atoms with Crippen molar-refractivity contribution in [1.82, 2.24) is 0 Å². The first-order valence-electron chi connectivity index (χ1n) is 25.8. The summed E-state index contributed by atoms with van der Waals surface area (Å²) < 4.78 is 0.